The quantitative estimate of drug-likeness (QED) is 0.101. The van der Waals surface area contributed by atoms with Crippen LogP contribution in [0.25, 0.3) is 83.6 Å². The Balaban J connectivity index is 0.000000204. The first kappa shape index (κ1) is 43.6. The number of hydrogen-bond acceptors (Lipinski definition) is 3. The smallest absolute Gasteiger partial charge is 0.121 e. The molecular weight excluding hydrogens is 1060 g/mol. The van der Waals surface area contributed by atoms with Gasteiger partial charge in [0.25, 0.3) is 0 Å². The van der Waals surface area contributed by atoms with Crippen molar-refractivity contribution in [2.24, 2.45) is 5.92 Å². The first-order valence-corrected chi connectivity index (χ1v) is 28.6. The number of imidazole rings is 1. The normalized spacial score (nSPS) is 14.6. The molecule has 1 saturated carbocycles. The van der Waals surface area contributed by atoms with Crippen molar-refractivity contribution in [2.75, 3.05) is 0 Å². The van der Waals surface area contributed by atoms with Crippen molar-refractivity contribution in [3.8, 4) is 50.6 Å². The van der Waals surface area contributed by atoms with Crippen molar-refractivity contribution >= 4 is 46.2 Å². The van der Waals surface area contributed by atoms with Crippen molar-refractivity contribution in [1.82, 2.24) is 14.5 Å². The van der Waals surface area contributed by atoms with Gasteiger partial charge in [-0.05, 0) is 105 Å². The van der Waals surface area contributed by atoms with Gasteiger partial charge < -0.3 is 14.0 Å². The molecule has 11 rings (SSSR count). The van der Waals surface area contributed by atoms with Gasteiger partial charge in [-0.2, -0.15) is 0 Å². The molecule has 0 bridgehead atoms. The summed E-state index contributed by atoms with van der Waals surface area (Å²) in [6.45, 7) is 13.7. The minimum Gasteiger partial charge on any atom is -0.500 e. The van der Waals surface area contributed by atoms with E-state index in [4.69, 9.17) is 16.3 Å². The molecule has 0 N–H and O–H groups in total. The van der Waals surface area contributed by atoms with Crippen molar-refractivity contribution < 1.29 is 31.4 Å². The van der Waals surface area contributed by atoms with Gasteiger partial charge in [-0.15, -0.1) is 59.2 Å². The van der Waals surface area contributed by atoms with Crippen LogP contribution in [0.4, 0.5) is 0 Å². The van der Waals surface area contributed by atoms with Gasteiger partial charge in [0.1, 0.15) is 5.58 Å². The molecule has 0 unspecified atom stereocenters. The van der Waals surface area contributed by atoms with Crippen LogP contribution >= 0.6 is 0 Å². The average molecular weight is 1130 g/mol. The number of benzene rings is 7. The topological polar surface area (TPSA) is 43.9 Å². The summed E-state index contributed by atoms with van der Waals surface area (Å²) in [4.78, 5) is 9.90. The molecule has 0 atom stereocenters. The molecule has 0 aliphatic heterocycles. The number of fused-ring (bicyclic) bond motifs is 4. The number of pyridine rings is 1. The van der Waals surface area contributed by atoms with E-state index in [1.54, 1.807) is 12.1 Å². The molecule has 361 valence electrons. The van der Waals surface area contributed by atoms with E-state index in [0.29, 0.717) is 23.1 Å². The van der Waals surface area contributed by atoms with Crippen LogP contribution in [0.15, 0.2) is 162 Å². The number of furan rings is 1. The molecule has 1 aliphatic rings. The molecule has 0 spiro atoms. The van der Waals surface area contributed by atoms with Gasteiger partial charge in [0, 0.05) is 44.2 Å². The number of para-hydroxylation sites is 2. The Bertz CT molecular complexity index is 3620. The third-order valence-electron chi connectivity index (χ3n) is 13.8. The Morgan fingerprint density at radius 3 is 1.97 bits per heavy atom. The zero-order valence-corrected chi connectivity index (χ0v) is 45.3. The van der Waals surface area contributed by atoms with Crippen molar-refractivity contribution in [3.63, 3.8) is 0 Å². The molecule has 1 radical (unpaired) electrons. The first-order chi connectivity index (χ1) is 35.9. The van der Waals surface area contributed by atoms with E-state index in [9.17, 15) is 0 Å². The fraction of sp³-hybridized carbons (Fsp3) is 0.262. The second kappa shape index (κ2) is 21.3. The first-order valence-electron chi connectivity index (χ1n) is 27.6. The molecule has 10 aromatic rings. The summed E-state index contributed by atoms with van der Waals surface area (Å²) < 4.78 is 49.3. The molecule has 3 heterocycles. The number of hydrogen-bond donors (Lipinski definition) is 0. The van der Waals surface area contributed by atoms with E-state index in [2.05, 4.69) is 184 Å². The molecule has 0 saturated heterocycles. The molecule has 4 nitrogen and oxygen atoms in total. The fourth-order valence-electron chi connectivity index (χ4n) is 10.1. The molecule has 6 heteroatoms. The number of aromatic nitrogens is 3. The van der Waals surface area contributed by atoms with E-state index < -0.39 is 21.3 Å². The van der Waals surface area contributed by atoms with Crippen molar-refractivity contribution in [3.05, 3.63) is 192 Å². The van der Waals surface area contributed by atoms with E-state index in [-0.39, 0.29) is 31.6 Å². The molecule has 0 amide bonds. The van der Waals surface area contributed by atoms with Crippen molar-refractivity contribution in [2.45, 2.75) is 105 Å². The van der Waals surface area contributed by atoms with E-state index in [0.717, 1.165) is 80.8 Å². The van der Waals surface area contributed by atoms with Crippen LogP contribution in [0.3, 0.4) is 0 Å². The maximum Gasteiger partial charge on any atom is 0.121 e. The molecular formula is C65H65IrN3OSi-2. The zero-order chi connectivity index (χ0) is 52.8. The minimum absolute atomic E-state index is 0. The van der Waals surface area contributed by atoms with E-state index in [1.165, 1.54) is 51.6 Å². The van der Waals surface area contributed by atoms with Crippen LogP contribution in [0.5, 0.6) is 0 Å². The number of nitrogens with zero attached hydrogens (tertiary/aromatic N) is 3. The maximum absolute atomic E-state index is 9.03. The number of aryl methyl sites for hydroxylation is 1. The van der Waals surface area contributed by atoms with Crippen LogP contribution in [-0.2, 0) is 26.5 Å². The van der Waals surface area contributed by atoms with E-state index >= 15 is 0 Å². The molecule has 3 aromatic heterocycles. The van der Waals surface area contributed by atoms with Crippen LogP contribution in [0, 0.1) is 24.9 Å². The third kappa shape index (κ3) is 10.6. The van der Waals surface area contributed by atoms with Gasteiger partial charge in [0.05, 0.1) is 30.5 Å². The maximum atomic E-state index is 9.03. The summed E-state index contributed by atoms with van der Waals surface area (Å²) >= 11 is 0. The molecule has 1 aliphatic carbocycles. The number of rotatable bonds is 10. The standard InChI is InChI=1S/C43H35N2O.C22H30NSi.Ir/c1-27(2)34-25-33(30-15-9-6-10-16-30)26-35(28(3)4)42(34)45-39-18-12-11-17-38(39)44-43(45)32-20-22-41-37(24-32)36-23-31(19-21-40(36)46-41)29-13-7-5-8-14-29;1-17-10-12-19(13-11-17)21-15-20(14-18-8-6-5-7-9-18)22(16-23-21)24(2,3)4;/h5-19,21-28H,1-4H3;10-12,15-16,18H,5-9,14H2,1-4H3;/q2*-1;/i;1D3,14D2;. The summed E-state index contributed by atoms with van der Waals surface area (Å²) in [6.07, 6.45) is 5.68. The summed E-state index contributed by atoms with van der Waals surface area (Å²) in [5.74, 6) is 1.51. The van der Waals surface area contributed by atoms with Crippen LogP contribution < -0.4 is 5.19 Å². The molecule has 1 fully saturated rings. The minimum atomic E-state index is -2.16. The Morgan fingerprint density at radius 1 is 0.676 bits per heavy atom. The fourth-order valence-corrected chi connectivity index (χ4v) is 11.5. The van der Waals surface area contributed by atoms with Gasteiger partial charge in [-0.3, -0.25) is 4.98 Å². The summed E-state index contributed by atoms with van der Waals surface area (Å²) in [7, 11) is -1.80. The van der Waals surface area contributed by atoms with Crippen LogP contribution in [0.1, 0.15) is 101 Å². The monoisotopic (exact) mass is 1130 g/mol. The van der Waals surface area contributed by atoms with Gasteiger partial charge in [0.15, 0.2) is 0 Å². The predicted octanol–water partition coefficient (Wildman–Crippen LogP) is 17.5. The molecule has 71 heavy (non-hydrogen) atoms. The van der Waals surface area contributed by atoms with Gasteiger partial charge >= 0.3 is 0 Å². The van der Waals surface area contributed by atoms with Crippen molar-refractivity contribution in [1.29, 1.82) is 0 Å². The van der Waals surface area contributed by atoms with Crippen LogP contribution in [0.2, 0.25) is 19.6 Å². The Morgan fingerprint density at radius 2 is 1.32 bits per heavy atom. The van der Waals surface area contributed by atoms with Gasteiger partial charge in [-0.1, -0.05) is 182 Å². The second-order valence-corrected chi connectivity index (χ2v) is 25.6. The SMILES string of the molecule is CC(C)c1cc(-c2ccccc2)cc(C(C)C)c1-n1c(-c2[c-]cc3oc4ccc(-c5ccccc5)cc4c3c2)nc2ccccc21.[2H]C([2H])([2H])c1c[c-]c(-c2cc(C([2H])([2H])C3CCCCC3)c([Si](C)(C)C)cn2)cc1.[Ir]. The Kier molecular flexibility index (Phi) is 13.1. The summed E-state index contributed by atoms with van der Waals surface area (Å²) in [5.41, 5.74) is 15.7. The van der Waals surface area contributed by atoms with Crippen LogP contribution in [-0.4, -0.2) is 22.6 Å². The van der Waals surface area contributed by atoms with E-state index in [1.807, 2.05) is 24.4 Å². The average Bonchev–Trinajstić information content (AvgIpc) is 4.02. The predicted molar refractivity (Wildman–Crippen MR) is 298 cm³/mol. The Hall–Kier alpha value is -6.17. The second-order valence-electron chi connectivity index (χ2n) is 20.6. The summed E-state index contributed by atoms with van der Waals surface area (Å²) in [5, 5.41) is 3.22. The third-order valence-corrected chi connectivity index (χ3v) is 15.8. The van der Waals surface area contributed by atoms with Gasteiger partial charge in [-0.25, -0.2) is 0 Å². The largest absolute Gasteiger partial charge is 0.500 e. The molecule has 7 aromatic carbocycles. The summed E-state index contributed by atoms with van der Waals surface area (Å²) in [6, 6.07) is 58.3. The Labute approximate surface area is 443 Å². The zero-order valence-electron chi connectivity index (χ0n) is 46.9. The van der Waals surface area contributed by atoms with Gasteiger partial charge in [0.2, 0.25) is 0 Å².